The van der Waals surface area contributed by atoms with Crippen LogP contribution in [0.4, 0.5) is 0 Å². The maximum absolute atomic E-state index is 12.7. The fourth-order valence-corrected chi connectivity index (χ4v) is 3.32. The number of hydrogen-bond acceptors (Lipinski definition) is 6. The molecule has 0 spiro atoms. The molecular weight excluding hydrogens is 389 g/mol. The van der Waals surface area contributed by atoms with Crippen molar-refractivity contribution >= 4 is 24.8 Å². The van der Waals surface area contributed by atoms with Gasteiger partial charge in [0.15, 0.2) is 0 Å². The Morgan fingerprint density at radius 3 is 2.40 bits per heavy atom. The zero-order chi connectivity index (χ0) is 21.9. The molecule has 2 rings (SSSR count). The predicted molar refractivity (Wildman–Crippen MR) is 111 cm³/mol. The van der Waals surface area contributed by atoms with E-state index >= 15 is 0 Å². The van der Waals surface area contributed by atoms with Crippen molar-refractivity contribution in [1.82, 2.24) is 15.5 Å². The Kier molecular flexibility index (Phi) is 9.79. The van der Waals surface area contributed by atoms with Crippen molar-refractivity contribution in [2.24, 2.45) is 0 Å². The lowest BCUT2D eigenvalue weighted by Crippen LogP contribution is -2.55. The number of benzene rings is 1. The number of ether oxygens (including phenoxy) is 1. The van der Waals surface area contributed by atoms with E-state index < -0.39 is 30.9 Å². The van der Waals surface area contributed by atoms with Crippen LogP contribution in [0.3, 0.4) is 0 Å². The number of hydrogen-bond donors (Lipinski definition) is 4. The Balaban J connectivity index is 1.92. The molecule has 0 radical (unpaired) electrons. The van der Waals surface area contributed by atoms with Crippen molar-refractivity contribution in [1.29, 1.82) is 0 Å². The SMILES string of the molecule is CC(=O)N[C@H](CC(=O)N1CCOCC1)C(=O)N[C@@H](CCCc1ccccc1)B(O)O. The first-order valence-corrected chi connectivity index (χ1v) is 10.2. The number of nitrogens with one attached hydrogen (secondary N) is 2. The summed E-state index contributed by atoms with van der Waals surface area (Å²) in [6.07, 6.45) is 1.49. The van der Waals surface area contributed by atoms with Crippen LogP contribution >= 0.6 is 0 Å². The minimum Gasteiger partial charge on any atom is -0.426 e. The Morgan fingerprint density at radius 2 is 1.80 bits per heavy atom. The molecule has 0 unspecified atom stereocenters. The van der Waals surface area contributed by atoms with Gasteiger partial charge in [0.2, 0.25) is 17.7 Å². The number of rotatable bonds is 10. The molecule has 1 aliphatic heterocycles. The first-order chi connectivity index (χ1) is 14.4. The van der Waals surface area contributed by atoms with Crippen LogP contribution in [0.2, 0.25) is 0 Å². The number of nitrogens with zero attached hydrogens (tertiary/aromatic N) is 1. The van der Waals surface area contributed by atoms with E-state index in [1.807, 2.05) is 30.3 Å². The fourth-order valence-electron chi connectivity index (χ4n) is 3.32. The third-order valence-electron chi connectivity index (χ3n) is 4.95. The molecule has 0 bridgehead atoms. The van der Waals surface area contributed by atoms with Gasteiger partial charge in [0, 0.05) is 20.0 Å². The molecule has 0 aliphatic carbocycles. The zero-order valence-corrected chi connectivity index (χ0v) is 17.3. The Hall–Kier alpha value is -2.43. The lowest BCUT2D eigenvalue weighted by atomic mass is 9.76. The van der Waals surface area contributed by atoms with Gasteiger partial charge in [-0.2, -0.15) is 0 Å². The van der Waals surface area contributed by atoms with E-state index in [0.29, 0.717) is 39.1 Å². The standard InChI is InChI=1S/C20H30BN3O6/c1-15(25)22-17(14-19(26)24-10-12-30-13-11-24)20(27)23-18(21(28)29)9-5-8-16-6-3-2-4-7-16/h2-4,6-7,17-18,28-29H,5,8-14H2,1H3,(H,22,25)(H,23,27)/t17-,18+/m1/s1. The Morgan fingerprint density at radius 1 is 1.13 bits per heavy atom. The third kappa shape index (κ3) is 8.13. The van der Waals surface area contributed by atoms with E-state index in [1.165, 1.54) is 6.92 Å². The van der Waals surface area contributed by atoms with E-state index in [0.717, 1.165) is 12.0 Å². The monoisotopic (exact) mass is 419 g/mol. The molecule has 164 valence electrons. The van der Waals surface area contributed by atoms with E-state index in [9.17, 15) is 24.4 Å². The molecule has 4 N–H and O–H groups in total. The number of aryl methyl sites for hydroxylation is 1. The second-order valence-corrected chi connectivity index (χ2v) is 7.36. The molecule has 3 amide bonds. The Bertz CT molecular complexity index is 697. The van der Waals surface area contributed by atoms with Gasteiger partial charge >= 0.3 is 7.12 Å². The number of carbonyl (C=O) groups is 3. The third-order valence-corrected chi connectivity index (χ3v) is 4.95. The van der Waals surface area contributed by atoms with Crippen LogP contribution in [-0.2, 0) is 25.5 Å². The maximum Gasteiger partial charge on any atom is 0.475 e. The summed E-state index contributed by atoms with van der Waals surface area (Å²) in [4.78, 5) is 38.3. The van der Waals surface area contributed by atoms with Crippen molar-refractivity contribution in [3.63, 3.8) is 0 Å². The van der Waals surface area contributed by atoms with Crippen molar-refractivity contribution in [3.05, 3.63) is 35.9 Å². The molecule has 9 nitrogen and oxygen atoms in total. The normalized spacial score (nSPS) is 15.8. The van der Waals surface area contributed by atoms with E-state index in [-0.39, 0.29) is 12.3 Å². The summed E-state index contributed by atoms with van der Waals surface area (Å²) in [5.41, 5.74) is 1.11. The van der Waals surface area contributed by atoms with E-state index in [2.05, 4.69) is 10.6 Å². The molecule has 0 aromatic heterocycles. The average molecular weight is 419 g/mol. The van der Waals surface area contributed by atoms with Crippen LogP contribution < -0.4 is 10.6 Å². The first-order valence-electron chi connectivity index (χ1n) is 10.2. The van der Waals surface area contributed by atoms with Gasteiger partial charge in [-0.1, -0.05) is 30.3 Å². The highest BCUT2D eigenvalue weighted by molar-refractivity contribution is 6.43. The maximum atomic E-state index is 12.7. The van der Waals surface area contributed by atoms with Gasteiger partial charge in [-0.25, -0.2) is 0 Å². The topological polar surface area (TPSA) is 128 Å². The second kappa shape index (κ2) is 12.3. The molecular formula is C20H30BN3O6. The van der Waals surface area contributed by atoms with Gasteiger partial charge in [-0.3, -0.25) is 14.4 Å². The molecule has 1 aromatic rings. The van der Waals surface area contributed by atoms with Crippen molar-refractivity contribution in [3.8, 4) is 0 Å². The molecule has 0 saturated carbocycles. The zero-order valence-electron chi connectivity index (χ0n) is 17.3. The van der Waals surface area contributed by atoms with Crippen molar-refractivity contribution in [2.45, 2.75) is 44.6 Å². The Labute approximate surface area is 176 Å². The van der Waals surface area contributed by atoms with Gasteiger partial charge in [-0.15, -0.1) is 0 Å². The minimum absolute atomic E-state index is 0.205. The fraction of sp³-hybridized carbons (Fsp3) is 0.550. The van der Waals surface area contributed by atoms with E-state index in [4.69, 9.17) is 4.74 Å². The first kappa shape index (κ1) is 23.9. The summed E-state index contributed by atoms with van der Waals surface area (Å²) in [6, 6.07) is 8.65. The average Bonchev–Trinajstić information content (AvgIpc) is 2.73. The smallest absolute Gasteiger partial charge is 0.426 e. The molecule has 1 aromatic carbocycles. The molecule has 30 heavy (non-hydrogen) atoms. The van der Waals surface area contributed by atoms with E-state index in [1.54, 1.807) is 4.90 Å². The summed E-state index contributed by atoms with van der Waals surface area (Å²) in [5.74, 6) is -2.24. The van der Waals surface area contributed by atoms with Gasteiger partial charge in [0.1, 0.15) is 6.04 Å². The molecule has 1 fully saturated rings. The second-order valence-electron chi connectivity index (χ2n) is 7.36. The van der Waals surface area contributed by atoms with Gasteiger partial charge in [-0.05, 0) is 24.8 Å². The molecule has 10 heteroatoms. The van der Waals surface area contributed by atoms with Crippen LogP contribution in [0.1, 0.15) is 31.7 Å². The van der Waals surface area contributed by atoms with Gasteiger partial charge in [0.05, 0.1) is 25.6 Å². The summed E-state index contributed by atoms with van der Waals surface area (Å²) >= 11 is 0. The van der Waals surface area contributed by atoms with Crippen LogP contribution in [0.5, 0.6) is 0 Å². The van der Waals surface area contributed by atoms with Crippen molar-refractivity contribution in [2.75, 3.05) is 26.3 Å². The molecule has 1 heterocycles. The van der Waals surface area contributed by atoms with Crippen LogP contribution in [0.15, 0.2) is 30.3 Å². The highest BCUT2D eigenvalue weighted by Gasteiger charge is 2.31. The quantitative estimate of drug-likeness (QED) is 0.370. The molecule has 1 saturated heterocycles. The minimum atomic E-state index is -1.75. The number of amides is 3. The molecule has 1 aliphatic rings. The lowest BCUT2D eigenvalue weighted by molar-refractivity contribution is -0.139. The highest BCUT2D eigenvalue weighted by Crippen LogP contribution is 2.09. The number of morpholine rings is 1. The summed E-state index contributed by atoms with van der Waals surface area (Å²) in [5, 5.41) is 24.4. The summed E-state index contributed by atoms with van der Waals surface area (Å²) in [7, 11) is -1.75. The highest BCUT2D eigenvalue weighted by atomic mass is 16.5. The van der Waals surface area contributed by atoms with Crippen LogP contribution in [0, 0.1) is 0 Å². The summed E-state index contributed by atoms with van der Waals surface area (Å²) < 4.78 is 5.22. The number of carbonyl (C=O) groups excluding carboxylic acids is 3. The largest absolute Gasteiger partial charge is 0.475 e. The predicted octanol–water partition coefficient (Wildman–Crippen LogP) is -0.740. The van der Waals surface area contributed by atoms with Gasteiger partial charge < -0.3 is 30.3 Å². The lowest BCUT2D eigenvalue weighted by Gasteiger charge is -2.29. The molecule has 2 atom stereocenters. The summed E-state index contributed by atoms with van der Waals surface area (Å²) in [6.45, 7) is 3.00. The van der Waals surface area contributed by atoms with Crippen LogP contribution in [-0.4, -0.2) is 78.1 Å². The van der Waals surface area contributed by atoms with Gasteiger partial charge in [0.25, 0.3) is 0 Å². The van der Waals surface area contributed by atoms with Crippen molar-refractivity contribution < 1.29 is 29.2 Å². The van der Waals surface area contributed by atoms with Crippen LogP contribution in [0.25, 0.3) is 0 Å².